The van der Waals surface area contributed by atoms with Gasteiger partial charge in [-0.2, -0.15) is 0 Å². The second-order valence-corrected chi connectivity index (χ2v) is 10.2. The summed E-state index contributed by atoms with van der Waals surface area (Å²) in [4.78, 5) is 12.1. The van der Waals surface area contributed by atoms with Gasteiger partial charge in [-0.15, -0.1) is 0 Å². The maximum atomic E-state index is 12.1. The van der Waals surface area contributed by atoms with Crippen LogP contribution in [0, 0.1) is 0 Å². The molecular weight excluding hydrogens is 406 g/mol. The van der Waals surface area contributed by atoms with E-state index in [2.05, 4.69) is 25.2 Å². The predicted molar refractivity (Wildman–Crippen MR) is 146 cm³/mol. The van der Waals surface area contributed by atoms with Crippen LogP contribution in [0.4, 0.5) is 0 Å². The van der Waals surface area contributed by atoms with Gasteiger partial charge in [0.25, 0.3) is 0 Å². The third kappa shape index (κ3) is 24.1. The fourth-order valence-electron chi connectivity index (χ4n) is 4.34. The molecule has 196 valence electrons. The monoisotopic (exact) mass is 465 g/mol. The van der Waals surface area contributed by atoms with Crippen LogP contribution in [-0.2, 0) is 4.79 Å². The minimum Gasteiger partial charge on any atom is -0.387 e. The normalized spacial score (nSPS) is 13.5. The number of carbonyl (C=O) groups is 1. The van der Waals surface area contributed by atoms with Gasteiger partial charge in [0.1, 0.15) is 0 Å². The second kappa shape index (κ2) is 25.8. The summed E-state index contributed by atoms with van der Waals surface area (Å²) in [6.45, 7) is 6.42. The zero-order chi connectivity index (χ0) is 24.4. The van der Waals surface area contributed by atoms with Crippen molar-refractivity contribution in [2.75, 3.05) is 0 Å². The van der Waals surface area contributed by atoms with Gasteiger partial charge in [-0.25, -0.2) is 0 Å². The molecule has 2 N–H and O–H groups in total. The maximum Gasteiger partial charge on any atom is 0.220 e. The lowest BCUT2D eigenvalue weighted by Gasteiger charge is -2.17. The van der Waals surface area contributed by atoms with Gasteiger partial charge < -0.3 is 10.4 Å². The van der Waals surface area contributed by atoms with Gasteiger partial charge in [-0.3, -0.25) is 4.79 Å². The van der Waals surface area contributed by atoms with E-state index in [1.165, 1.54) is 116 Å². The molecule has 3 nitrogen and oxygen atoms in total. The van der Waals surface area contributed by atoms with Gasteiger partial charge in [0.15, 0.2) is 0 Å². The number of unbranched alkanes of at least 4 members (excludes halogenated alkanes) is 19. The summed E-state index contributed by atoms with van der Waals surface area (Å²) in [5, 5.41) is 13.2. The molecule has 0 spiro atoms. The molecule has 0 heterocycles. The number of aliphatic hydroxyl groups is 1. The molecule has 0 aromatic carbocycles. The van der Waals surface area contributed by atoms with Crippen molar-refractivity contribution in [2.45, 2.75) is 174 Å². The minimum atomic E-state index is -0.593. The lowest BCUT2D eigenvalue weighted by Crippen LogP contribution is -2.40. The number of rotatable bonds is 25. The summed E-state index contributed by atoms with van der Waals surface area (Å²) >= 11 is 0. The number of aliphatic hydroxyl groups excluding tert-OH is 1. The number of nitrogens with one attached hydrogen (secondary N) is 1. The van der Waals surface area contributed by atoms with Crippen LogP contribution in [0.25, 0.3) is 0 Å². The zero-order valence-corrected chi connectivity index (χ0v) is 22.7. The second-order valence-electron chi connectivity index (χ2n) is 10.2. The predicted octanol–water partition coefficient (Wildman–Crippen LogP) is 9.03. The first-order valence-electron chi connectivity index (χ1n) is 14.8. The molecule has 0 radical (unpaired) electrons. The highest BCUT2D eigenvalue weighted by atomic mass is 16.3. The molecule has 33 heavy (non-hydrogen) atoms. The fraction of sp³-hybridized carbons (Fsp3) is 0.900. The SMILES string of the molecule is CCCCCCCCCCCCCC=CC(O)C(C)NC(=O)CCCCCCCCCCC. The van der Waals surface area contributed by atoms with Crippen LogP contribution in [0.3, 0.4) is 0 Å². The topological polar surface area (TPSA) is 49.3 Å². The van der Waals surface area contributed by atoms with Crippen LogP contribution in [0.1, 0.15) is 162 Å². The Kier molecular flexibility index (Phi) is 25.1. The number of hydrogen-bond acceptors (Lipinski definition) is 2. The number of carbonyl (C=O) groups excluding carboxylic acids is 1. The van der Waals surface area contributed by atoms with Gasteiger partial charge in [-0.1, -0.05) is 142 Å². The van der Waals surface area contributed by atoms with Crippen LogP contribution >= 0.6 is 0 Å². The molecule has 0 aliphatic heterocycles. The third-order valence-electron chi connectivity index (χ3n) is 6.72. The Labute approximate surface area is 207 Å². The van der Waals surface area contributed by atoms with Gasteiger partial charge >= 0.3 is 0 Å². The first-order chi connectivity index (χ1) is 16.1. The summed E-state index contributed by atoms with van der Waals surface area (Å²) in [5.74, 6) is 0.0725. The van der Waals surface area contributed by atoms with Crippen molar-refractivity contribution >= 4 is 5.91 Å². The highest BCUT2D eigenvalue weighted by Crippen LogP contribution is 2.13. The molecule has 0 fully saturated rings. The molecular formula is C30H59NO2. The van der Waals surface area contributed by atoms with E-state index in [1.807, 2.05) is 13.0 Å². The first-order valence-corrected chi connectivity index (χ1v) is 14.8. The van der Waals surface area contributed by atoms with Crippen molar-refractivity contribution in [1.29, 1.82) is 0 Å². The van der Waals surface area contributed by atoms with Crippen molar-refractivity contribution in [1.82, 2.24) is 5.32 Å². The summed E-state index contributed by atoms with van der Waals surface area (Å²) in [7, 11) is 0. The van der Waals surface area contributed by atoms with Gasteiger partial charge in [0, 0.05) is 6.42 Å². The van der Waals surface area contributed by atoms with Gasteiger partial charge in [0.05, 0.1) is 12.1 Å². The minimum absolute atomic E-state index is 0.0725. The van der Waals surface area contributed by atoms with Crippen molar-refractivity contribution in [3.05, 3.63) is 12.2 Å². The van der Waals surface area contributed by atoms with E-state index in [-0.39, 0.29) is 11.9 Å². The van der Waals surface area contributed by atoms with Crippen molar-refractivity contribution in [3.63, 3.8) is 0 Å². The van der Waals surface area contributed by atoms with Crippen molar-refractivity contribution in [3.8, 4) is 0 Å². The number of hydrogen-bond donors (Lipinski definition) is 2. The molecule has 0 aromatic rings. The Morgan fingerprint density at radius 1 is 0.667 bits per heavy atom. The molecule has 0 rings (SSSR count). The van der Waals surface area contributed by atoms with E-state index in [0.29, 0.717) is 6.42 Å². The van der Waals surface area contributed by atoms with Crippen LogP contribution in [-0.4, -0.2) is 23.2 Å². The van der Waals surface area contributed by atoms with E-state index >= 15 is 0 Å². The summed E-state index contributed by atoms with van der Waals surface area (Å²) in [6, 6.07) is -0.218. The molecule has 0 saturated heterocycles. The fourth-order valence-corrected chi connectivity index (χ4v) is 4.34. The molecule has 1 amide bonds. The summed E-state index contributed by atoms with van der Waals surface area (Å²) in [6.07, 6.45) is 31.2. The maximum absolute atomic E-state index is 12.1. The largest absolute Gasteiger partial charge is 0.387 e. The smallest absolute Gasteiger partial charge is 0.220 e. The average Bonchev–Trinajstić information content (AvgIpc) is 2.80. The molecule has 0 aromatic heterocycles. The third-order valence-corrected chi connectivity index (χ3v) is 6.72. The molecule has 2 atom stereocenters. The summed E-state index contributed by atoms with van der Waals surface area (Å²) in [5.41, 5.74) is 0. The lowest BCUT2D eigenvalue weighted by molar-refractivity contribution is -0.122. The molecule has 0 bridgehead atoms. The Balaban J connectivity index is 3.54. The highest BCUT2D eigenvalue weighted by molar-refractivity contribution is 5.76. The lowest BCUT2D eigenvalue weighted by atomic mass is 10.0. The standard InChI is InChI=1S/C30H59NO2/c1-4-6-8-10-12-14-15-16-17-19-20-22-24-26-29(32)28(3)31-30(33)27-25-23-21-18-13-11-9-7-5-2/h24,26,28-29,32H,4-23,25,27H2,1-3H3,(H,31,33). The van der Waals surface area contributed by atoms with Gasteiger partial charge in [0.2, 0.25) is 5.91 Å². The molecule has 0 aliphatic rings. The van der Waals surface area contributed by atoms with Gasteiger partial charge in [-0.05, 0) is 26.2 Å². The van der Waals surface area contributed by atoms with Crippen LogP contribution in [0.15, 0.2) is 12.2 Å². The Hall–Kier alpha value is -0.830. The molecule has 3 heteroatoms. The van der Waals surface area contributed by atoms with Crippen LogP contribution in [0.2, 0.25) is 0 Å². The quantitative estimate of drug-likeness (QED) is 0.104. The molecule has 0 aliphatic carbocycles. The van der Waals surface area contributed by atoms with Crippen LogP contribution in [0.5, 0.6) is 0 Å². The molecule has 0 saturated carbocycles. The Bertz CT molecular complexity index is 435. The Morgan fingerprint density at radius 3 is 1.52 bits per heavy atom. The molecule has 2 unspecified atom stereocenters. The summed E-state index contributed by atoms with van der Waals surface area (Å²) < 4.78 is 0. The average molecular weight is 466 g/mol. The van der Waals surface area contributed by atoms with E-state index in [0.717, 1.165) is 19.3 Å². The number of amides is 1. The highest BCUT2D eigenvalue weighted by Gasteiger charge is 2.13. The van der Waals surface area contributed by atoms with E-state index in [4.69, 9.17) is 0 Å². The first kappa shape index (κ1) is 32.2. The number of allylic oxidation sites excluding steroid dienone is 1. The zero-order valence-electron chi connectivity index (χ0n) is 22.7. The Morgan fingerprint density at radius 2 is 1.06 bits per heavy atom. The van der Waals surface area contributed by atoms with Crippen LogP contribution < -0.4 is 5.32 Å². The van der Waals surface area contributed by atoms with E-state index in [1.54, 1.807) is 0 Å². The van der Waals surface area contributed by atoms with Crippen molar-refractivity contribution < 1.29 is 9.90 Å². The van der Waals surface area contributed by atoms with E-state index < -0.39 is 6.10 Å². The van der Waals surface area contributed by atoms with E-state index in [9.17, 15) is 9.90 Å². The van der Waals surface area contributed by atoms with Crippen molar-refractivity contribution in [2.24, 2.45) is 0 Å².